The Morgan fingerprint density at radius 1 is 1.17 bits per heavy atom. The SMILES string of the molecule is CC1(C)CCn2c(nc(-c3ccncc3)cc2=O)N1C[C@@H](O)c1ccc(Cl)cc1. The first-order valence-corrected chi connectivity index (χ1v) is 9.96. The molecule has 1 aliphatic rings. The third kappa shape index (κ3) is 3.91. The summed E-state index contributed by atoms with van der Waals surface area (Å²) in [5.74, 6) is 0.577. The van der Waals surface area contributed by atoms with Gasteiger partial charge in [-0.25, -0.2) is 4.98 Å². The fraction of sp³-hybridized carbons (Fsp3) is 0.318. The van der Waals surface area contributed by atoms with Crippen LogP contribution in [0.1, 0.15) is 31.9 Å². The lowest BCUT2D eigenvalue weighted by Gasteiger charge is -2.45. The van der Waals surface area contributed by atoms with Crippen molar-refractivity contribution >= 4 is 17.5 Å². The summed E-state index contributed by atoms with van der Waals surface area (Å²) in [5, 5.41) is 11.5. The van der Waals surface area contributed by atoms with Crippen LogP contribution in [0.25, 0.3) is 11.3 Å². The summed E-state index contributed by atoms with van der Waals surface area (Å²) in [6, 6.07) is 12.4. The van der Waals surface area contributed by atoms with Crippen molar-refractivity contribution in [1.29, 1.82) is 0 Å². The van der Waals surface area contributed by atoms with Gasteiger partial charge in [0.1, 0.15) is 0 Å². The molecule has 0 saturated carbocycles. The van der Waals surface area contributed by atoms with E-state index in [0.717, 1.165) is 17.5 Å². The van der Waals surface area contributed by atoms with E-state index in [-0.39, 0.29) is 11.1 Å². The first-order chi connectivity index (χ1) is 13.8. The van der Waals surface area contributed by atoms with Gasteiger partial charge in [-0.05, 0) is 50.1 Å². The summed E-state index contributed by atoms with van der Waals surface area (Å²) >= 11 is 5.97. The molecule has 4 rings (SSSR count). The molecule has 1 aliphatic heterocycles. The third-order valence-corrected chi connectivity index (χ3v) is 5.75. The molecule has 6 nitrogen and oxygen atoms in total. The number of nitrogens with zero attached hydrogens (tertiary/aromatic N) is 4. The van der Waals surface area contributed by atoms with E-state index in [4.69, 9.17) is 16.6 Å². The Labute approximate surface area is 174 Å². The normalized spacial score (nSPS) is 16.3. The highest BCUT2D eigenvalue weighted by molar-refractivity contribution is 6.30. The van der Waals surface area contributed by atoms with Crippen LogP contribution >= 0.6 is 11.6 Å². The van der Waals surface area contributed by atoms with Crippen LogP contribution in [0.5, 0.6) is 0 Å². The van der Waals surface area contributed by atoms with Gasteiger partial charge in [0.25, 0.3) is 5.56 Å². The molecular formula is C22H23ClN4O2. The van der Waals surface area contributed by atoms with Gasteiger partial charge in [0.2, 0.25) is 5.95 Å². The number of anilines is 1. The number of aromatic nitrogens is 3. The van der Waals surface area contributed by atoms with E-state index < -0.39 is 6.10 Å². The van der Waals surface area contributed by atoms with Gasteiger partial charge < -0.3 is 10.0 Å². The number of hydrogen-bond acceptors (Lipinski definition) is 5. The Balaban J connectivity index is 1.75. The van der Waals surface area contributed by atoms with Crippen molar-refractivity contribution in [2.45, 2.75) is 38.5 Å². The van der Waals surface area contributed by atoms with E-state index in [0.29, 0.717) is 29.8 Å². The van der Waals surface area contributed by atoms with Crippen molar-refractivity contribution in [1.82, 2.24) is 14.5 Å². The lowest BCUT2D eigenvalue weighted by Crippen LogP contribution is -2.53. The molecule has 1 aromatic carbocycles. The van der Waals surface area contributed by atoms with Crippen molar-refractivity contribution in [3.05, 3.63) is 75.8 Å². The summed E-state index contributed by atoms with van der Waals surface area (Å²) in [6.45, 7) is 5.13. The number of aliphatic hydroxyl groups excluding tert-OH is 1. The van der Waals surface area contributed by atoms with E-state index in [1.165, 1.54) is 0 Å². The maximum atomic E-state index is 12.8. The molecule has 1 N–H and O–H groups in total. The molecule has 7 heteroatoms. The standard InChI is InChI=1S/C22H23ClN4O2/c1-22(2)9-12-26-20(29)13-18(15-7-10-24-11-8-15)25-21(26)27(22)14-19(28)16-3-5-17(23)6-4-16/h3-8,10-11,13,19,28H,9,12,14H2,1-2H3/t19-/m1/s1. The Hall–Kier alpha value is -2.70. The van der Waals surface area contributed by atoms with Gasteiger partial charge in [0, 0.05) is 41.1 Å². The van der Waals surface area contributed by atoms with E-state index in [1.54, 1.807) is 35.2 Å². The summed E-state index contributed by atoms with van der Waals surface area (Å²) in [5.41, 5.74) is 1.86. The van der Waals surface area contributed by atoms with Gasteiger partial charge in [-0.3, -0.25) is 14.3 Å². The van der Waals surface area contributed by atoms with Crippen LogP contribution in [0.15, 0.2) is 59.7 Å². The van der Waals surface area contributed by atoms with Crippen LogP contribution < -0.4 is 10.5 Å². The number of halogens is 1. The largest absolute Gasteiger partial charge is 0.387 e. The molecule has 0 fully saturated rings. The second kappa shape index (κ2) is 7.61. The minimum atomic E-state index is -0.737. The average molecular weight is 411 g/mol. The van der Waals surface area contributed by atoms with E-state index in [2.05, 4.69) is 18.8 Å². The molecule has 3 aromatic rings. The Bertz CT molecular complexity index is 1060. The molecule has 29 heavy (non-hydrogen) atoms. The fourth-order valence-electron chi connectivity index (χ4n) is 3.66. The molecule has 0 spiro atoms. The third-order valence-electron chi connectivity index (χ3n) is 5.49. The lowest BCUT2D eigenvalue weighted by molar-refractivity contribution is 0.169. The van der Waals surface area contributed by atoms with Crippen molar-refractivity contribution in [3.63, 3.8) is 0 Å². The second-order valence-corrected chi connectivity index (χ2v) is 8.34. The van der Waals surface area contributed by atoms with Gasteiger partial charge in [-0.1, -0.05) is 23.7 Å². The number of benzene rings is 1. The molecule has 3 heterocycles. The van der Waals surface area contributed by atoms with Crippen LogP contribution in [-0.4, -0.2) is 31.7 Å². The highest BCUT2D eigenvalue weighted by atomic mass is 35.5. The highest BCUT2D eigenvalue weighted by Gasteiger charge is 2.36. The fourth-order valence-corrected chi connectivity index (χ4v) is 3.79. The quantitative estimate of drug-likeness (QED) is 0.710. The molecule has 0 unspecified atom stereocenters. The van der Waals surface area contributed by atoms with E-state index in [1.807, 2.05) is 29.2 Å². The maximum absolute atomic E-state index is 12.8. The van der Waals surface area contributed by atoms with Crippen molar-refractivity contribution in [2.24, 2.45) is 0 Å². The Morgan fingerprint density at radius 2 is 1.86 bits per heavy atom. The molecular weight excluding hydrogens is 388 g/mol. The van der Waals surface area contributed by atoms with Crippen molar-refractivity contribution in [3.8, 4) is 11.3 Å². The van der Waals surface area contributed by atoms with Crippen molar-refractivity contribution < 1.29 is 5.11 Å². The number of rotatable bonds is 4. The van der Waals surface area contributed by atoms with E-state index in [9.17, 15) is 9.90 Å². The first-order valence-electron chi connectivity index (χ1n) is 9.59. The zero-order valence-electron chi connectivity index (χ0n) is 16.4. The number of fused-ring (bicyclic) bond motifs is 1. The Kier molecular flexibility index (Phi) is 5.15. The Morgan fingerprint density at radius 3 is 2.55 bits per heavy atom. The van der Waals surface area contributed by atoms with Gasteiger partial charge in [0.05, 0.1) is 18.3 Å². The molecule has 0 bridgehead atoms. The second-order valence-electron chi connectivity index (χ2n) is 7.91. The zero-order valence-corrected chi connectivity index (χ0v) is 17.2. The molecule has 150 valence electrons. The zero-order chi connectivity index (χ0) is 20.6. The molecule has 0 aliphatic carbocycles. The topological polar surface area (TPSA) is 71.2 Å². The highest BCUT2D eigenvalue weighted by Crippen LogP contribution is 2.33. The summed E-state index contributed by atoms with van der Waals surface area (Å²) in [4.78, 5) is 23.7. The van der Waals surface area contributed by atoms with E-state index >= 15 is 0 Å². The van der Waals surface area contributed by atoms with Crippen LogP contribution in [-0.2, 0) is 6.54 Å². The van der Waals surface area contributed by atoms with Gasteiger partial charge in [-0.15, -0.1) is 0 Å². The van der Waals surface area contributed by atoms with Crippen LogP contribution in [0.4, 0.5) is 5.95 Å². The van der Waals surface area contributed by atoms with Gasteiger partial charge >= 0.3 is 0 Å². The maximum Gasteiger partial charge on any atom is 0.255 e. The predicted molar refractivity (Wildman–Crippen MR) is 114 cm³/mol. The minimum Gasteiger partial charge on any atom is -0.387 e. The summed E-state index contributed by atoms with van der Waals surface area (Å²) < 4.78 is 1.69. The van der Waals surface area contributed by atoms with Crippen molar-refractivity contribution in [2.75, 3.05) is 11.4 Å². The van der Waals surface area contributed by atoms with Crippen LogP contribution in [0.2, 0.25) is 5.02 Å². The molecule has 1 atom stereocenters. The van der Waals surface area contributed by atoms with Gasteiger partial charge in [0.15, 0.2) is 0 Å². The van der Waals surface area contributed by atoms with Crippen LogP contribution in [0.3, 0.4) is 0 Å². The summed E-state index contributed by atoms with van der Waals surface area (Å²) in [6.07, 6.45) is 3.41. The van der Waals surface area contributed by atoms with Gasteiger partial charge in [-0.2, -0.15) is 0 Å². The molecule has 0 amide bonds. The summed E-state index contributed by atoms with van der Waals surface area (Å²) in [7, 11) is 0. The molecule has 0 saturated heterocycles. The first kappa shape index (κ1) is 19.6. The lowest BCUT2D eigenvalue weighted by atomic mass is 9.95. The predicted octanol–water partition coefficient (Wildman–Crippen LogP) is 3.68. The number of hydrogen-bond donors (Lipinski definition) is 1. The minimum absolute atomic E-state index is 0.0942. The average Bonchev–Trinajstić information content (AvgIpc) is 2.71. The monoisotopic (exact) mass is 410 g/mol. The number of pyridine rings is 1. The van der Waals surface area contributed by atoms with Crippen LogP contribution in [0, 0.1) is 0 Å². The smallest absolute Gasteiger partial charge is 0.255 e. The molecule has 2 aromatic heterocycles. The number of aliphatic hydroxyl groups is 1. The number of β-amino-alcohol motifs (C(OH)–C–C–N with tert-alkyl or cyclic N) is 1. The molecule has 0 radical (unpaired) electrons.